The van der Waals surface area contributed by atoms with Crippen LogP contribution in [0.1, 0.15) is 5.56 Å². The molecule has 2 aromatic carbocycles. The van der Waals surface area contributed by atoms with Gasteiger partial charge in [-0.2, -0.15) is 0 Å². The Morgan fingerprint density at radius 3 is 2.96 bits per heavy atom. The minimum atomic E-state index is -0.442. The predicted octanol–water partition coefficient (Wildman–Crippen LogP) is 3.68. The summed E-state index contributed by atoms with van der Waals surface area (Å²) in [5, 5.41) is 11.1. The summed E-state index contributed by atoms with van der Waals surface area (Å²) < 4.78 is 10.4. The number of hydrogen-bond acceptors (Lipinski definition) is 6. The van der Waals surface area contributed by atoms with Crippen molar-refractivity contribution in [3.8, 4) is 11.5 Å². The summed E-state index contributed by atoms with van der Waals surface area (Å²) in [4.78, 5) is 19.5. The van der Waals surface area contributed by atoms with E-state index in [9.17, 15) is 9.90 Å². The first-order chi connectivity index (χ1) is 12.1. The first kappa shape index (κ1) is 15.6. The minimum absolute atomic E-state index is 0.0617. The fourth-order valence-corrected chi connectivity index (χ4v) is 3.52. The molecule has 0 spiro atoms. The molecule has 25 heavy (non-hydrogen) atoms. The maximum atomic E-state index is 11.7. The fraction of sp³-hybridized carbons (Fsp3) is 0.111. The number of fused-ring (bicyclic) bond motifs is 2. The SMILES string of the molecule is COc1ccc2nc(SCc3cc(=O)oc4cc(O)ccc34)[nH]c2c1. The van der Waals surface area contributed by atoms with Crippen LogP contribution in [0.25, 0.3) is 22.0 Å². The second kappa shape index (κ2) is 6.18. The number of H-pyrrole nitrogens is 1. The number of imidazole rings is 1. The lowest BCUT2D eigenvalue weighted by molar-refractivity contribution is 0.415. The Kier molecular flexibility index (Phi) is 3.85. The van der Waals surface area contributed by atoms with Crippen LogP contribution in [0.15, 0.2) is 56.8 Å². The molecule has 0 radical (unpaired) electrons. The van der Waals surface area contributed by atoms with Gasteiger partial charge in [0.05, 0.1) is 18.1 Å². The third-order valence-corrected chi connectivity index (χ3v) is 4.77. The molecule has 2 N–H and O–H groups in total. The van der Waals surface area contributed by atoms with Gasteiger partial charge in [-0.3, -0.25) is 0 Å². The van der Waals surface area contributed by atoms with Gasteiger partial charge in [-0.25, -0.2) is 9.78 Å². The van der Waals surface area contributed by atoms with E-state index in [0.717, 1.165) is 32.9 Å². The Bertz CT molecular complexity index is 1130. The highest BCUT2D eigenvalue weighted by Crippen LogP contribution is 2.28. The summed E-state index contributed by atoms with van der Waals surface area (Å²) in [6, 6.07) is 11.9. The van der Waals surface area contributed by atoms with E-state index in [0.29, 0.717) is 11.3 Å². The third kappa shape index (κ3) is 3.06. The molecule has 0 aliphatic heterocycles. The molecular formula is C18H14N2O4S. The maximum Gasteiger partial charge on any atom is 0.336 e. The average molecular weight is 354 g/mol. The zero-order valence-corrected chi connectivity index (χ0v) is 14.1. The minimum Gasteiger partial charge on any atom is -0.508 e. The van der Waals surface area contributed by atoms with Crippen molar-refractivity contribution in [1.29, 1.82) is 0 Å². The number of aromatic hydroxyl groups is 1. The second-order valence-electron chi connectivity index (χ2n) is 5.48. The Morgan fingerprint density at radius 1 is 1.24 bits per heavy atom. The number of aromatic nitrogens is 2. The van der Waals surface area contributed by atoms with Gasteiger partial charge in [0.15, 0.2) is 5.16 Å². The van der Waals surface area contributed by atoms with Gasteiger partial charge in [0, 0.05) is 29.3 Å². The average Bonchev–Trinajstić information content (AvgIpc) is 3.00. The van der Waals surface area contributed by atoms with Crippen molar-refractivity contribution in [2.24, 2.45) is 0 Å². The number of nitrogens with one attached hydrogen (secondary N) is 1. The molecule has 6 nitrogen and oxygen atoms in total. The lowest BCUT2D eigenvalue weighted by Gasteiger charge is -2.04. The third-order valence-electron chi connectivity index (χ3n) is 3.85. The highest BCUT2D eigenvalue weighted by atomic mass is 32.2. The topological polar surface area (TPSA) is 88.3 Å². The summed E-state index contributed by atoms with van der Waals surface area (Å²) >= 11 is 1.49. The standard InChI is InChI=1S/C18H14N2O4S/c1-23-12-3-5-14-15(8-12)20-18(19-14)25-9-10-6-17(22)24-16-7-11(21)2-4-13(10)16/h2-8,21H,9H2,1H3,(H,19,20). The van der Waals surface area contributed by atoms with Crippen LogP contribution in [-0.2, 0) is 5.75 Å². The van der Waals surface area contributed by atoms with Crippen molar-refractivity contribution in [3.05, 3.63) is 58.4 Å². The molecule has 0 amide bonds. The molecule has 7 heteroatoms. The normalized spacial score (nSPS) is 11.2. The van der Waals surface area contributed by atoms with Crippen LogP contribution in [0.2, 0.25) is 0 Å². The summed E-state index contributed by atoms with van der Waals surface area (Å²) in [6.07, 6.45) is 0. The number of nitrogens with zero attached hydrogens (tertiary/aromatic N) is 1. The van der Waals surface area contributed by atoms with Gasteiger partial charge in [-0.1, -0.05) is 11.8 Å². The molecule has 0 aliphatic rings. The van der Waals surface area contributed by atoms with Crippen molar-refractivity contribution in [1.82, 2.24) is 9.97 Å². The largest absolute Gasteiger partial charge is 0.508 e. The molecule has 0 saturated heterocycles. The van der Waals surface area contributed by atoms with Crippen LogP contribution in [0.5, 0.6) is 11.5 Å². The first-order valence-electron chi connectivity index (χ1n) is 7.55. The summed E-state index contributed by atoms with van der Waals surface area (Å²) in [6.45, 7) is 0. The summed E-state index contributed by atoms with van der Waals surface area (Å²) in [7, 11) is 1.62. The zero-order valence-electron chi connectivity index (χ0n) is 13.3. The van der Waals surface area contributed by atoms with E-state index in [1.165, 1.54) is 23.9 Å². The van der Waals surface area contributed by atoms with Gasteiger partial charge in [0.2, 0.25) is 0 Å². The van der Waals surface area contributed by atoms with Crippen molar-refractivity contribution >= 4 is 33.8 Å². The Morgan fingerprint density at radius 2 is 2.12 bits per heavy atom. The predicted molar refractivity (Wildman–Crippen MR) is 96.4 cm³/mol. The van der Waals surface area contributed by atoms with Crippen molar-refractivity contribution in [3.63, 3.8) is 0 Å². The highest BCUT2D eigenvalue weighted by molar-refractivity contribution is 7.98. The van der Waals surface area contributed by atoms with E-state index in [-0.39, 0.29) is 5.75 Å². The van der Waals surface area contributed by atoms with Gasteiger partial charge < -0.3 is 19.2 Å². The molecule has 0 aliphatic carbocycles. The lowest BCUT2D eigenvalue weighted by Crippen LogP contribution is -1.99. The monoisotopic (exact) mass is 354 g/mol. The quantitative estimate of drug-likeness (QED) is 0.429. The number of methoxy groups -OCH3 is 1. The Hall–Kier alpha value is -2.93. The number of phenols is 1. The van der Waals surface area contributed by atoms with Crippen LogP contribution in [0.4, 0.5) is 0 Å². The number of thioether (sulfide) groups is 1. The van der Waals surface area contributed by atoms with Crippen molar-refractivity contribution in [2.45, 2.75) is 10.9 Å². The molecule has 4 aromatic rings. The smallest absolute Gasteiger partial charge is 0.336 e. The summed E-state index contributed by atoms with van der Waals surface area (Å²) in [5.41, 5.74) is 2.50. The zero-order chi connectivity index (χ0) is 17.4. The van der Waals surface area contributed by atoms with Gasteiger partial charge >= 0.3 is 5.63 Å². The molecule has 0 fully saturated rings. The first-order valence-corrected chi connectivity index (χ1v) is 8.53. The fourth-order valence-electron chi connectivity index (χ4n) is 2.64. The molecule has 2 heterocycles. The van der Waals surface area contributed by atoms with Gasteiger partial charge in [-0.15, -0.1) is 0 Å². The van der Waals surface area contributed by atoms with Crippen LogP contribution < -0.4 is 10.4 Å². The van der Waals surface area contributed by atoms with E-state index in [4.69, 9.17) is 9.15 Å². The number of benzene rings is 2. The number of rotatable bonds is 4. The Balaban J connectivity index is 1.65. The van der Waals surface area contributed by atoms with E-state index in [1.807, 2.05) is 18.2 Å². The van der Waals surface area contributed by atoms with Gasteiger partial charge in [0.1, 0.15) is 17.1 Å². The van der Waals surface area contributed by atoms with Gasteiger partial charge in [-0.05, 0) is 29.8 Å². The molecule has 0 atom stereocenters. The molecule has 0 saturated carbocycles. The van der Waals surface area contributed by atoms with Crippen LogP contribution >= 0.6 is 11.8 Å². The number of aromatic amines is 1. The van der Waals surface area contributed by atoms with E-state index in [2.05, 4.69) is 9.97 Å². The van der Waals surface area contributed by atoms with Crippen LogP contribution in [-0.4, -0.2) is 22.2 Å². The second-order valence-corrected chi connectivity index (χ2v) is 6.45. The molecule has 126 valence electrons. The number of phenolic OH excluding ortho intramolecular Hbond substituents is 1. The van der Waals surface area contributed by atoms with E-state index in [1.54, 1.807) is 19.2 Å². The number of ether oxygens (including phenoxy) is 1. The lowest BCUT2D eigenvalue weighted by atomic mass is 10.1. The highest BCUT2D eigenvalue weighted by Gasteiger charge is 2.09. The molecule has 0 unspecified atom stereocenters. The van der Waals surface area contributed by atoms with Crippen molar-refractivity contribution in [2.75, 3.05) is 7.11 Å². The molecule has 2 aromatic heterocycles. The molecular weight excluding hydrogens is 340 g/mol. The van der Waals surface area contributed by atoms with Gasteiger partial charge in [0.25, 0.3) is 0 Å². The van der Waals surface area contributed by atoms with Crippen molar-refractivity contribution < 1.29 is 14.3 Å². The van der Waals surface area contributed by atoms with E-state index < -0.39 is 5.63 Å². The number of hydrogen-bond donors (Lipinski definition) is 2. The maximum absolute atomic E-state index is 11.7. The Labute approximate surface area is 146 Å². The van der Waals surface area contributed by atoms with Crippen LogP contribution in [0, 0.1) is 0 Å². The van der Waals surface area contributed by atoms with E-state index >= 15 is 0 Å². The molecule has 4 rings (SSSR count). The molecule has 0 bridgehead atoms. The summed E-state index contributed by atoms with van der Waals surface area (Å²) in [5.74, 6) is 1.37. The van der Waals surface area contributed by atoms with Crippen LogP contribution in [0.3, 0.4) is 0 Å².